The van der Waals surface area contributed by atoms with E-state index in [4.69, 9.17) is 18.0 Å². The minimum atomic E-state index is -2.67. The number of rotatable bonds is 17. The summed E-state index contributed by atoms with van der Waals surface area (Å²) >= 11 is 0. The van der Waals surface area contributed by atoms with Crippen molar-refractivity contribution >= 4 is 8.80 Å². The van der Waals surface area contributed by atoms with Gasteiger partial charge in [0.2, 0.25) is 0 Å². The molecule has 184 valence electrons. The molecule has 0 aliphatic carbocycles. The van der Waals surface area contributed by atoms with Crippen molar-refractivity contribution in [3.8, 4) is 22.6 Å². The molecule has 0 radical (unpaired) electrons. The highest BCUT2D eigenvalue weighted by Crippen LogP contribution is 2.31. The predicted octanol–water partition coefficient (Wildman–Crippen LogP) is 7.00. The number of phenolic OH excluding ortho intramolecular Hbond substituents is 1. The first-order valence-corrected chi connectivity index (χ1v) is 14.5. The maximum Gasteiger partial charge on any atom is 0.500 e. The van der Waals surface area contributed by atoms with Crippen LogP contribution in [0.4, 0.5) is 0 Å². The van der Waals surface area contributed by atoms with Crippen molar-refractivity contribution in [2.75, 3.05) is 26.4 Å². The van der Waals surface area contributed by atoms with E-state index in [1.165, 1.54) is 19.3 Å². The molecular formula is C27H42O5Si. The number of unbranched alkanes of at least 4 members (excludes halogenated alkanes) is 3. The van der Waals surface area contributed by atoms with E-state index < -0.39 is 8.80 Å². The molecule has 0 heterocycles. The average Bonchev–Trinajstić information content (AvgIpc) is 2.80. The number of hydrogen-bond donors (Lipinski definition) is 1. The Morgan fingerprint density at radius 3 is 2.03 bits per heavy atom. The third-order valence-electron chi connectivity index (χ3n) is 5.54. The van der Waals surface area contributed by atoms with Crippen molar-refractivity contribution in [3.05, 3.63) is 48.0 Å². The van der Waals surface area contributed by atoms with Gasteiger partial charge in [0.15, 0.2) is 0 Å². The van der Waals surface area contributed by atoms with E-state index in [0.717, 1.165) is 54.4 Å². The lowest BCUT2D eigenvalue weighted by atomic mass is 9.96. The average molecular weight is 475 g/mol. The van der Waals surface area contributed by atoms with Gasteiger partial charge in [0.25, 0.3) is 0 Å². The molecule has 2 aromatic rings. The Balaban J connectivity index is 2.06. The summed E-state index contributed by atoms with van der Waals surface area (Å²) in [6.45, 7) is 10.6. The summed E-state index contributed by atoms with van der Waals surface area (Å²) < 4.78 is 23.8. The first-order valence-electron chi connectivity index (χ1n) is 12.5. The molecule has 0 aliphatic rings. The summed E-state index contributed by atoms with van der Waals surface area (Å²) in [6.07, 6.45) is 6.47. The zero-order chi connectivity index (χ0) is 23.9. The summed E-state index contributed by atoms with van der Waals surface area (Å²) in [6, 6.07) is 14.6. The highest BCUT2D eigenvalue weighted by Gasteiger charge is 2.39. The van der Waals surface area contributed by atoms with E-state index in [1.807, 2.05) is 45.0 Å². The Morgan fingerprint density at radius 2 is 1.42 bits per heavy atom. The van der Waals surface area contributed by atoms with Gasteiger partial charge in [0.05, 0.1) is 6.61 Å². The maximum atomic E-state index is 10.1. The molecule has 0 bridgehead atoms. The predicted molar refractivity (Wildman–Crippen MR) is 137 cm³/mol. The molecule has 0 aromatic heterocycles. The molecule has 2 rings (SSSR count). The van der Waals surface area contributed by atoms with Gasteiger partial charge >= 0.3 is 8.80 Å². The zero-order valence-electron chi connectivity index (χ0n) is 20.9. The van der Waals surface area contributed by atoms with Crippen LogP contribution in [-0.2, 0) is 19.7 Å². The number of phenols is 1. The second-order valence-electron chi connectivity index (χ2n) is 8.11. The molecule has 0 fully saturated rings. The maximum absolute atomic E-state index is 10.1. The van der Waals surface area contributed by atoms with E-state index in [2.05, 4.69) is 19.1 Å². The van der Waals surface area contributed by atoms with Crippen LogP contribution in [0.15, 0.2) is 42.5 Å². The minimum Gasteiger partial charge on any atom is -0.508 e. The number of ether oxygens (including phenoxy) is 1. The molecule has 1 N–H and O–H groups in total. The normalized spacial score (nSPS) is 11.6. The summed E-state index contributed by atoms with van der Waals surface area (Å²) in [7, 11) is -2.67. The third kappa shape index (κ3) is 9.12. The summed E-state index contributed by atoms with van der Waals surface area (Å²) in [5, 5.41) is 10.1. The Kier molecular flexibility index (Phi) is 12.5. The zero-order valence-corrected chi connectivity index (χ0v) is 21.9. The van der Waals surface area contributed by atoms with Crippen LogP contribution in [0.5, 0.6) is 11.5 Å². The Bertz CT molecular complexity index is 777. The lowest BCUT2D eigenvalue weighted by Crippen LogP contribution is -2.46. The fraction of sp³-hybridized carbons (Fsp3) is 0.556. The molecular weight excluding hydrogens is 432 g/mol. The fourth-order valence-electron chi connectivity index (χ4n) is 4.01. The second kappa shape index (κ2) is 15.1. The van der Waals surface area contributed by atoms with E-state index in [9.17, 15) is 5.11 Å². The number of aryl methyl sites for hydroxylation is 1. The standard InChI is InChI=1S/C27H42O5Si/c1-5-9-10-11-20-29-26-17-14-23(15-18-26)27-19-16-25(28)22-24(27)13-12-21-33(30-6-2,31-7-3)32-8-4/h14-19,22,28H,5-13,20-21H2,1-4H3. The summed E-state index contributed by atoms with van der Waals surface area (Å²) in [5.41, 5.74) is 3.35. The SMILES string of the molecule is CCCCCCOc1ccc(-c2ccc(O)cc2CCC[Si](OCC)(OCC)OCC)cc1. The van der Waals surface area contributed by atoms with Gasteiger partial charge in [-0.05, 0) is 81.0 Å². The minimum absolute atomic E-state index is 0.281. The van der Waals surface area contributed by atoms with Crippen molar-refractivity contribution in [2.45, 2.75) is 72.3 Å². The lowest BCUT2D eigenvalue weighted by Gasteiger charge is -2.28. The quantitative estimate of drug-likeness (QED) is 0.198. The monoisotopic (exact) mass is 474 g/mol. The Labute approximate surface area is 201 Å². The van der Waals surface area contributed by atoms with Gasteiger partial charge in [-0.3, -0.25) is 0 Å². The molecule has 0 atom stereocenters. The molecule has 0 amide bonds. The van der Waals surface area contributed by atoms with Crippen LogP contribution in [0.25, 0.3) is 11.1 Å². The van der Waals surface area contributed by atoms with Gasteiger partial charge in [0.1, 0.15) is 11.5 Å². The van der Waals surface area contributed by atoms with E-state index in [0.29, 0.717) is 19.8 Å². The van der Waals surface area contributed by atoms with Crippen LogP contribution in [0.1, 0.15) is 65.4 Å². The van der Waals surface area contributed by atoms with Crippen molar-refractivity contribution in [3.63, 3.8) is 0 Å². The molecule has 0 saturated carbocycles. The van der Waals surface area contributed by atoms with Gasteiger partial charge in [-0.1, -0.05) is 44.4 Å². The van der Waals surface area contributed by atoms with Crippen molar-refractivity contribution in [1.82, 2.24) is 0 Å². The molecule has 33 heavy (non-hydrogen) atoms. The van der Waals surface area contributed by atoms with E-state index >= 15 is 0 Å². The molecule has 2 aromatic carbocycles. The van der Waals surface area contributed by atoms with Crippen molar-refractivity contribution in [1.29, 1.82) is 0 Å². The van der Waals surface area contributed by atoms with E-state index in [1.54, 1.807) is 6.07 Å². The van der Waals surface area contributed by atoms with Crippen LogP contribution in [-0.4, -0.2) is 40.3 Å². The topological polar surface area (TPSA) is 57.2 Å². The number of aromatic hydroxyl groups is 1. The van der Waals surface area contributed by atoms with Gasteiger partial charge in [-0.15, -0.1) is 0 Å². The Hall–Kier alpha value is -1.86. The van der Waals surface area contributed by atoms with Crippen LogP contribution in [0.3, 0.4) is 0 Å². The summed E-state index contributed by atoms with van der Waals surface area (Å²) in [5.74, 6) is 1.18. The van der Waals surface area contributed by atoms with Crippen molar-refractivity contribution < 1.29 is 23.1 Å². The largest absolute Gasteiger partial charge is 0.508 e. The molecule has 0 unspecified atom stereocenters. The molecule has 5 nitrogen and oxygen atoms in total. The smallest absolute Gasteiger partial charge is 0.500 e. The van der Waals surface area contributed by atoms with Crippen LogP contribution < -0.4 is 4.74 Å². The third-order valence-corrected chi connectivity index (χ3v) is 8.69. The molecule has 0 aliphatic heterocycles. The van der Waals surface area contributed by atoms with Crippen LogP contribution >= 0.6 is 0 Å². The number of hydrogen-bond acceptors (Lipinski definition) is 5. The van der Waals surface area contributed by atoms with Crippen LogP contribution in [0, 0.1) is 0 Å². The van der Waals surface area contributed by atoms with E-state index in [-0.39, 0.29) is 5.75 Å². The molecule has 0 spiro atoms. The first kappa shape index (κ1) is 27.4. The van der Waals surface area contributed by atoms with Gasteiger partial charge in [-0.2, -0.15) is 0 Å². The summed E-state index contributed by atoms with van der Waals surface area (Å²) in [4.78, 5) is 0. The highest BCUT2D eigenvalue weighted by atomic mass is 28.4. The van der Waals surface area contributed by atoms with Crippen molar-refractivity contribution in [2.24, 2.45) is 0 Å². The van der Waals surface area contributed by atoms with Crippen LogP contribution in [0.2, 0.25) is 6.04 Å². The fourth-order valence-corrected chi connectivity index (χ4v) is 6.63. The molecule has 6 heteroatoms. The molecule has 0 saturated heterocycles. The first-order chi connectivity index (χ1) is 16.1. The van der Waals surface area contributed by atoms with Gasteiger partial charge < -0.3 is 23.1 Å². The second-order valence-corrected chi connectivity index (χ2v) is 10.8. The number of benzene rings is 2. The highest BCUT2D eigenvalue weighted by molar-refractivity contribution is 6.60. The van der Waals surface area contributed by atoms with Gasteiger partial charge in [0, 0.05) is 25.9 Å². The lowest BCUT2D eigenvalue weighted by molar-refractivity contribution is 0.0708. The Morgan fingerprint density at radius 1 is 0.758 bits per heavy atom. The van der Waals surface area contributed by atoms with Gasteiger partial charge in [-0.25, -0.2) is 0 Å².